The Morgan fingerprint density at radius 1 is 1.29 bits per heavy atom. The van der Waals surface area contributed by atoms with E-state index >= 15 is 0 Å². The molecule has 3 rings (SSSR count). The highest BCUT2D eigenvalue weighted by Crippen LogP contribution is 2.28. The minimum atomic E-state index is -3.56. The molecular formula is C14H16ClN3O4S2. The number of halogens is 1. The third-order valence-electron chi connectivity index (χ3n) is 3.77. The van der Waals surface area contributed by atoms with E-state index in [-0.39, 0.29) is 29.8 Å². The van der Waals surface area contributed by atoms with Crippen molar-refractivity contribution < 1.29 is 17.6 Å². The SMILES string of the molecule is NCc1cc(C(=O)N2CCN(S(=O)(=O)c3ccc(Cl)s3)CC2)co1. The maximum Gasteiger partial charge on any atom is 0.257 e. The van der Waals surface area contributed by atoms with Gasteiger partial charge in [0.2, 0.25) is 0 Å². The number of carbonyl (C=O) groups is 1. The number of rotatable bonds is 4. The predicted molar refractivity (Wildman–Crippen MR) is 90.6 cm³/mol. The van der Waals surface area contributed by atoms with Gasteiger partial charge in [-0.05, 0) is 18.2 Å². The second-order valence-corrected chi connectivity index (χ2v) is 9.14. The van der Waals surface area contributed by atoms with Crippen LogP contribution in [-0.2, 0) is 16.6 Å². The van der Waals surface area contributed by atoms with Gasteiger partial charge in [-0.3, -0.25) is 4.79 Å². The second kappa shape index (κ2) is 6.85. The molecule has 0 aliphatic carbocycles. The van der Waals surface area contributed by atoms with Gasteiger partial charge < -0.3 is 15.1 Å². The van der Waals surface area contributed by atoms with Crippen molar-refractivity contribution in [3.63, 3.8) is 0 Å². The van der Waals surface area contributed by atoms with Crippen LogP contribution >= 0.6 is 22.9 Å². The van der Waals surface area contributed by atoms with E-state index in [0.29, 0.717) is 28.7 Å². The number of hydrogen-bond donors (Lipinski definition) is 1. The van der Waals surface area contributed by atoms with Crippen LogP contribution in [0.25, 0.3) is 0 Å². The monoisotopic (exact) mass is 389 g/mol. The first kappa shape index (κ1) is 17.4. The predicted octanol–water partition coefficient (Wildman–Crippen LogP) is 1.60. The summed E-state index contributed by atoms with van der Waals surface area (Å²) in [7, 11) is -3.56. The molecule has 1 fully saturated rings. The van der Waals surface area contributed by atoms with Crippen molar-refractivity contribution in [1.82, 2.24) is 9.21 Å². The minimum absolute atomic E-state index is 0.185. The maximum atomic E-state index is 12.5. The molecule has 1 saturated heterocycles. The number of thiophene rings is 1. The summed E-state index contributed by atoms with van der Waals surface area (Å²) in [6, 6.07) is 4.67. The standard InChI is InChI=1S/C14H16ClN3O4S2/c15-12-1-2-13(23-12)24(20,21)18-5-3-17(4-6-18)14(19)10-7-11(8-16)22-9-10/h1-2,7,9H,3-6,8,16H2. The van der Waals surface area contributed by atoms with Crippen molar-refractivity contribution in [3.05, 3.63) is 40.1 Å². The molecule has 2 aromatic rings. The number of piperazine rings is 1. The fourth-order valence-electron chi connectivity index (χ4n) is 2.48. The molecule has 2 N–H and O–H groups in total. The Hall–Kier alpha value is -1.39. The van der Waals surface area contributed by atoms with Crippen LogP contribution in [-0.4, -0.2) is 49.7 Å². The van der Waals surface area contributed by atoms with Crippen LogP contribution in [0.1, 0.15) is 16.1 Å². The topological polar surface area (TPSA) is 96.9 Å². The quantitative estimate of drug-likeness (QED) is 0.856. The molecule has 0 spiro atoms. The Bertz CT molecular complexity index is 838. The molecule has 1 aliphatic heterocycles. The van der Waals surface area contributed by atoms with E-state index in [9.17, 15) is 13.2 Å². The Balaban J connectivity index is 1.66. The fraction of sp³-hybridized carbons (Fsp3) is 0.357. The van der Waals surface area contributed by atoms with Gasteiger partial charge in [0.05, 0.1) is 16.4 Å². The number of nitrogens with zero attached hydrogens (tertiary/aromatic N) is 2. The third kappa shape index (κ3) is 3.35. The average molecular weight is 390 g/mol. The molecule has 0 atom stereocenters. The summed E-state index contributed by atoms with van der Waals surface area (Å²) in [5, 5.41) is 0. The van der Waals surface area contributed by atoms with Crippen molar-refractivity contribution in [2.75, 3.05) is 26.2 Å². The lowest BCUT2D eigenvalue weighted by Gasteiger charge is -2.33. The summed E-state index contributed by atoms with van der Waals surface area (Å²) in [6.45, 7) is 1.35. The highest BCUT2D eigenvalue weighted by atomic mass is 35.5. The number of hydrogen-bond acceptors (Lipinski definition) is 6. The fourth-order valence-corrected chi connectivity index (χ4v) is 5.54. The van der Waals surface area contributed by atoms with Crippen LogP contribution < -0.4 is 5.73 Å². The zero-order valence-corrected chi connectivity index (χ0v) is 15.0. The molecule has 0 bridgehead atoms. The van der Waals surface area contributed by atoms with Crippen molar-refractivity contribution in [1.29, 1.82) is 0 Å². The van der Waals surface area contributed by atoms with E-state index in [1.54, 1.807) is 17.0 Å². The number of carbonyl (C=O) groups excluding carboxylic acids is 1. The zero-order valence-electron chi connectivity index (χ0n) is 12.6. The number of nitrogens with two attached hydrogens (primary N) is 1. The lowest BCUT2D eigenvalue weighted by atomic mass is 10.2. The summed E-state index contributed by atoms with van der Waals surface area (Å²) in [6.07, 6.45) is 1.38. The van der Waals surface area contributed by atoms with E-state index in [1.807, 2.05) is 0 Å². The highest BCUT2D eigenvalue weighted by Gasteiger charge is 2.31. The molecule has 3 heterocycles. The van der Waals surface area contributed by atoms with Crippen molar-refractivity contribution in [2.24, 2.45) is 5.73 Å². The van der Waals surface area contributed by atoms with E-state index in [4.69, 9.17) is 21.8 Å². The largest absolute Gasteiger partial charge is 0.467 e. The highest BCUT2D eigenvalue weighted by molar-refractivity contribution is 7.91. The van der Waals surface area contributed by atoms with Crippen LogP contribution in [0, 0.1) is 0 Å². The van der Waals surface area contributed by atoms with Gasteiger partial charge in [0.15, 0.2) is 0 Å². The van der Waals surface area contributed by atoms with Crippen molar-refractivity contribution in [2.45, 2.75) is 10.8 Å². The third-order valence-corrected chi connectivity index (χ3v) is 7.37. The second-order valence-electron chi connectivity index (χ2n) is 5.26. The van der Waals surface area contributed by atoms with Gasteiger partial charge in [-0.1, -0.05) is 11.6 Å². The summed E-state index contributed by atoms with van der Waals surface area (Å²) < 4.78 is 32.3. The summed E-state index contributed by atoms with van der Waals surface area (Å²) in [4.78, 5) is 14.0. The summed E-state index contributed by atoms with van der Waals surface area (Å²) in [5.41, 5.74) is 5.89. The van der Waals surface area contributed by atoms with Crippen LogP contribution in [0.3, 0.4) is 0 Å². The Kier molecular flexibility index (Phi) is 4.97. The molecule has 2 aromatic heterocycles. The Morgan fingerprint density at radius 3 is 2.54 bits per heavy atom. The normalized spacial score (nSPS) is 16.5. The molecule has 0 unspecified atom stereocenters. The van der Waals surface area contributed by atoms with Gasteiger partial charge >= 0.3 is 0 Å². The summed E-state index contributed by atoms with van der Waals surface area (Å²) in [5.74, 6) is 0.351. The van der Waals surface area contributed by atoms with Gasteiger partial charge in [-0.15, -0.1) is 11.3 Å². The Morgan fingerprint density at radius 2 is 2.00 bits per heavy atom. The maximum absolute atomic E-state index is 12.5. The molecule has 24 heavy (non-hydrogen) atoms. The van der Waals surface area contributed by atoms with E-state index < -0.39 is 10.0 Å². The van der Waals surface area contributed by atoms with Crippen LogP contribution in [0.15, 0.2) is 33.1 Å². The molecular weight excluding hydrogens is 374 g/mol. The van der Waals surface area contributed by atoms with Gasteiger partial charge in [-0.2, -0.15) is 4.31 Å². The van der Waals surface area contributed by atoms with Crippen LogP contribution in [0.4, 0.5) is 0 Å². The van der Waals surface area contributed by atoms with Gasteiger partial charge in [0, 0.05) is 26.2 Å². The van der Waals surface area contributed by atoms with E-state index in [2.05, 4.69) is 0 Å². The summed E-state index contributed by atoms with van der Waals surface area (Å²) >= 11 is 6.85. The van der Waals surface area contributed by atoms with E-state index in [1.165, 1.54) is 16.6 Å². The number of amides is 1. The van der Waals surface area contributed by atoms with Crippen LogP contribution in [0.2, 0.25) is 4.34 Å². The van der Waals surface area contributed by atoms with Gasteiger partial charge in [0.25, 0.3) is 15.9 Å². The molecule has 0 saturated carbocycles. The van der Waals surface area contributed by atoms with Crippen molar-refractivity contribution >= 4 is 38.9 Å². The van der Waals surface area contributed by atoms with Crippen LogP contribution in [0.5, 0.6) is 0 Å². The Labute approximate surface area is 148 Å². The molecule has 130 valence electrons. The molecule has 0 aromatic carbocycles. The molecule has 10 heteroatoms. The number of sulfonamides is 1. The zero-order chi connectivity index (χ0) is 17.3. The smallest absolute Gasteiger partial charge is 0.257 e. The van der Waals surface area contributed by atoms with E-state index in [0.717, 1.165) is 11.3 Å². The lowest BCUT2D eigenvalue weighted by molar-refractivity contribution is 0.0697. The first-order valence-corrected chi connectivity index (χ1v) is 9.87. The lowest BCUT2D eigenvalue weighted by Crippen LogP contribution is -2.50. The first-order valence-electron chi connectivity index (χ1n) is 7.24. The minimum Gasteiger partial charge on any atom is -0.467 e. The van der Waals surface area contributed by atoms with Gasteiger partial charge in [0.1, 0.15) is 16.2 Å². The molecule has 0 radical (unpaired) electrons. The van der Waals surface area contributed by atoms with Gasteiger partial charge in [-0.25, -0.2) is 8.42 Å². The molecule has 1 amide bonds. The average Bonchev–Trinajstić information content (AvgIpc) is 3.23. The molecule has 7 nitrogen and oxygen atoms in total. The van der Waals surface area contributed by atoms with Crippen molar-refractivity contribution in [3.8, 4) is 0 Å². The molecule has 1 aliphatic rings. The first-order chi connectivity index (χ1) is 11.4. The number of furan rings is 1.